The Morgan fingerprint density at radius 1 is 1.23 bits per heavy atom. The van der Waals surface area contributed by atoms with Gasteiger partial charge in [-0.3, -0.25) is 19.8 Å². The minimum absolute atomic E-state index is 0.159. The van der Waals surface area contributed by atoms with Crippen LogP contribution >= 0.6 is 11.6 Å². The molecule has 0 radical (unpaired) electrons. The largest absolute Gasteiger partial charge is 0.487 e. The lowest BCUT2D eigenvalue weighted by atomic mass is 9.79. The number of nitrogens with zero attached hydrogens (tertiary/aromatic N) is 3. The van der Waals surface area contributed by atoms with Crippen molar-refractivity contribution in [1.29, 1.82) is 5.26 Å². The van der Waals surface area contributed by atoms with Crippen molar-refractivity contribution in [3.8, 4) is 11.8 Å². The zero-order valence-electron chi connectivity index (χ0n) is 18.8. The second-order valence-corrected chi connectivity index (χ2v) is 9.14. The Labute approximate surface area is 206 Å². The number of amides is 1. The zero-order valence-corrected chi connectivity index (χ0v) is 19.5. The molecule has 3 atom stereocenters. The highest BCUT2D eigenvalue weighted by Gasteiger charge is 2.68. The third-order valence-electron chi connectivity index (χ3n) is 6.95. The van der Waals surface area contributed by atoms with Crippen LogP contribution in [0.5, 0.6) is 5.75 Å². The van der Waals surface area contributed by atoms with Gasteiger partial charge in [-0.2, -0.15) is 5.26 Å². The number of ether oxygens (including phenoxy) is 1. The van der Waals surface area contributed by atoms with Gasteiger partial charge in [-0.15, -0.1) is 0 Å². The highest BCUT2D eigenvalue weighted by Crippen LogP contribution is 2.52. The summed E-state index contributed by atoms with van der Waals surface area (Å²) in [7, 11) is 1.74. The average Bonchev–Trinajstić information content (AvgIpc) is 3.33. The van der Waals surface area contributed by atoms with Gasteiger partial charge >= 0.3 is 0 Å². The second kappa shape index (κ2) is 8.69. The number of para-hydroxylation sites is 1. The van der Waals surface area contributed by atoms with Gasteiger partial charge in [0.15, 0.2) is 5.54 Å². The van der Waals surface area contributed by atoms with Crippen LogP contribution in [0.4, 0.5) is 5.69 Å². The summed E-state index contributed by atoms with van der Waals surface area (Å²) in [5, 5.41) is 24.8. The normalized spacial score (nSPS) is 23.1. The van der Waals surface area contributed by atoms with E-state index >= 15 is 0 Å². The lowest BCUT2D eigenvalue weighted by Crippen LogP contribution is -2.54. The Bertz CT molecular complexity index is 1390. The predicted octanol–water partition coefficient (Wildman–Crippen LogP) is 4.31. The summed E-state index contributed by atoms with van der Waals surface area (Å²) in [6.45, 7) is 0.464. The summed E-state index contributed by atoms with van der Waals surface area (Å²) in [5.41, 5.74) is 1.70. The predicted molar refractivity (Wildman–Crippen MR) is 130 cm³/mol. The second-order valence-electron chi connectivity index (χ2n) is 8.73. The Balaban J connectivity index is 1.46. The van der Waals surface area contributed by atoms with Crippen LogP contribution in [-0.2, 0) is 16.9 Å². The van der Waals surface area contributed by atoms with E-state index in [4.69, 9.17) is 16.3 Å². The molecule has 0 bridgehead atoms. The molecule has 1 N–H and O–H groups in total. The maximum Gasteiger partial charge on any atom is 0.256 e. The number of nitro groups is 1. The van der Waals surface area contributed by atoms with Crippen molar-refractivity contribution < 1.29 is 14.5 Å². The van der Waals surface area contributed by atoms with E-state index in [-0.39, 0.29) is 11.5 Å². The van der Waals surface area contributed by atoms with Gasteiger partial charge < -0.3 is 10.1 Å². The smallest absolute Gasteiger partial charge is 0.256 e. The van der Waals surface area contributed by atoms with Crippen molar-refractivity contribution in [1.82, 2.24) is 4.90 Å². The SMILES string of the molecule is CN1C[C@H](c2ccc(OCc3ccccc3C#N)c(Cl)c2)[C@H]([N+](=O)[O-])[C@@]12C(=O)Nc1ccccc12. The fraction of sp³-hybridized carbons (Fsp3) is 0.231. The molecule has 5 rings (SSSR count). The van der Waals surface area contributed by atoms with Crippen LogP contribution in [0.2, 0.25) is 5.02 Å². The molecule has 1 amide bonds. The number of likely N-dealkylation sites (tertiary alicyclic amines) is 1. The number of halogens is 1. The number of fused-ring (bicyclic) bond motifs is 2. The molecular weight excluding hydrogens is 468 g/mol. The van der Waals surface area contributed by atoms with Crippen molar-refractivity contribution in [2.75, 3.05) is 18.9 Å². The first-order valence-electron chi connectivity index (χ1n) is 11.0. The van der Waals surface area contributed by atoms with Crippen molar-refractivity contribution in [2.45, 2.75) is 24.1 Å². The Hall–Kier alpha value is -3.93. The molecule has 176 valence electrons. The third kappa shape index (κ3) is 3.52. The Kier molecular flexibility index (Phi) is 5.67. The van der Waals surface area contributed by atoms with Gasteiger partial charge in [0.2, 0.25) is 0 Å². The number of carbonyl (C=O) groups is 1. The van der Waals surface area contributed by atoms with E-state index in [1.807, 2.05) is 6.07 Å². The molecule has 0 aliphatic carbocycles. The van der Waals surface area contributed by atoms with E-state index in [0.717, 1.165) is 5.56 Å². The number of benzene rings is 3. The van der Waals surface area contributed by atoms with Gasteiger partial charge in [0, 0.05) is 28.3 Å². The molecule has 35 heavy (non-hydrogen) atoms. The molecule has 8 nitrogen and oxygen atoms in total. The highest BCUT2D eigenvalue weighted by molar-refractivity contribution is 6.32. The number of likely N-dealkylation sites (N-methyl/N-ethyl adjacent to an activating group) is 1. The number of rotatable bonds is 5. The lowest BCUT2D eigenvalue weighted by Gasteiger charge is -2.30. The van der Waals surface area contributed by atoms with Gasteiger partial charge in [0.1, 0.15) is 12.4 Å². The van der Waals surface area contributed by atoms with Gasteiger partial charge in [-0.25, -0.2) is 0 Å². The summed E-state index contributed by atoms with van der Waals surface area (Å²) in [6, 6.07) is 20.3. The van der Waals surface area contributed by atoms with E-state index in [9.17, 15) is 20.2 Å². The fourth-order valence-electron chi connectivity index (χ4n) is 5.36. The number of anilines is 1. The maximum absolute atomic E-state index is 13.2. The first kappa shape index (κ1) is 22.8. The molecule has 1 fully saturated rings. The van der Waals surface area contributed by atoms with Crippen molar-refractivity contribution in [3.63, 3.8) is 0 Å². The van der Waals surface area contributed by atoms with Crippen molar-refractivity contribution in [2.24, 2.45) is 0 Å². The monoisotopic (exact) mass is 488 g/mol. The maximum atomic E-state index is 13.2. The molecule has 3 aromatic carbocycles. The van der Waals surface area contributed by atoms with Gasteiger partial charge in [0.25, 0.3) is 11.9 Å². The molecular formula is C26H21ClN4O4. The first-order chi connectivity index (χ1) is 16.9. The van der Waals surface area contributed by atoms with Crippen LogP contribution < -0.4 is 10.1 Å². The van der Waals surface area contributed by atoms with Gasteiger partial charge in [-0.1, -0.05) is 54.1 Å². The standard InChI is InChI=1S/C26H21ClN4O4/c1-30-14-19(24(31(33)34)26(30)20-8-4-5-9-22(20)29-25(26)32)16-10-11-23(21(27)12-16)35-15-18-7-3-2-6-17(18)13-28/h2-12,19,24H,14-15H2,1H3,(H,29,32)/t19-,24+,26+/m1/s1. The average molecular weight is 489 g/mol. The summed E-state index contributed by atoms with van der Waals surface area (Å²) in [5.74, 6) is -0.559. The number of carbonyl (C=O) groups excluding carboxylic acids is 1. The molecule has 1 saturated heterocycles. The third-order valence-corrected chi connectivity index (χ3v) is 7.24. The van der Waals surface area contributed by atoms with Crippen molar-refractivity contribution in [3.05, 3.63) is 104 Å². The van der Waals surface area contributed by atoms with Crippen LogP contribution in [0, 0.1) is 21.4 Å². The molecule has 2 aliphatic heterocycles. The minimum Gasteiger partial charge on any atom is -0.487 e. The molecule has 0 aromatic heterocycles. The summed E-state index contributed by atoms with van der Waals surface area (Å²) < 4.78 is 5.84. The Morgan fingerprint density at radius 2 is 1.97 bits per heavy atom. The summed E-state index contributed by atoms with van der Waals surface area (Å²) in [6.07, 6.45) is 0. The molecule has 3 aromatic rings. The van der Waals surface area contributed by atoms with Crippen molar-refractivity contribution >= 4 is 23.2 Å². The minimum atomic E-state index is -1.41. The lowest BCUT2D eigenvalue weighted by molar-refractivity contribution is -0.534. The molecule has 9 heteroatoms. The molecule has 2 aliphatic rings. The van der Waals surface area contributed by atoms with Gasteiger partial charge in [-0.05, 0) is 36.9 Å². The topological polar surface area (TPSA) is 108 Å². The fourth-order valence-corrected chi connectivity index (χ4v) is 5.60. The van der Waals surface area contributed by atoms with E-state index < -0.39 is 23.4 Å². The summed E-state index contributed by atoms with van der Waals surface area (Å²) in [4.78, 5) is 27.1. The molecule has 0 saturated carbocycles. The van der Waals surface area contributed by atoms with E-state index in [1.54, 1.807) is 72.6 Å². The van der Waals surface area contributed by atoms with Crippen LogP contribution in [0.3, 0.4) is 0 Å². The Morgan fingerprint density at radius 3 is 2.71 bits per heavy atom. The number of nitriles is 1. The molecule has 0 unspecified atom stereocenters. The van der Waals surface area contributed by atoms with Crippen LogP contribution in [0.1, 0.15) is 28.2 Å². The first-order valence-corrected chi connectivity index (χ1v) is 11.4. The van der Waals surface area contributed by atoms with E-state index in [0.29, 0.717) is 39.7 Å². The number of hydrogen-bond acceptors (Lipinski definition) is 6. The number of hydrogen-bond donors (Lipinski definition) is 1. The highest BCUT2D eigenvalue weighted by atomic mass is 35.5. The van der Waals surface area contributed by atoms with E-state index in [2.05, 4.69) is 11.4 Å². The summed E-state index contributed by atoms with van der Waals surface area (Å²) >= 11 is 6.52. The zero-order chi connectivity index (χ0) is 24.7. The molecule has 2 heterocycles. The van der Waals surface area contributed by atoms with E-state index in [1.165, 1.54) is 0 Å². The van der Waals surface area contributed by atoms with Crippen LogP contribution in [-0.4, -0.2) is 35.4 Å². The molecule has 1 spiro atoms. The number of nitrogens with one attached hydrogen (secondary N) is 1. The van der Waals surface area contributed by atoms with Gasteiger partial charge in [0.05, 0.1) is 22.6 Å². The quantitative estimate of drug-likeness (QED) is 0.423. The van der Waals surface area contributed by atoms with Crippen LogP contribution in [0.25, 0.3) is 0 Å². The van der Waals surface area contributed by atoms with Crippen LogP contribution in [0.15, 0.2) is 66.7 Å².